The lowest BCUT2D eigenvalue weighted by molar-refractivity contribution is 0.483. The molecule has 0 saturated carbocycles. The summed E-state index contributed by atoms with van der Waals surface area (Å²) in [6, 6.07) is 9.58. The Bertz CT molecular complexity index is 344. The Labute approximate surface area is 105 Å². The normalized spacial score (nSPS) is 23.9. The molecule has 0 bridgehead atoms. The van der Waals surface area contributed by atoms with Crippen molar-refractivity contribution in [3.05, 3.63) is 29.8 Å². The maximum Gasteiger partial charge on any atom is 0.0364 e. The summed E-state index contributed by atoms with van der Waals surface area (Å²) in [7, 11) is 2.19. The van der Waals surface area contributed by atoms with Gasteiger partial charge in [0.05, 0.1) is 0 Å². The molecule has 1 aromatic carbocycles. The highest BCUT2D eigenvalue weighted by Gasteiger charge is 2.23. The van der Waals surface area contributed by atoms with Crippen LogP contribution < -0.4 is 10.2 Å². The molecule has 1 heterocycles. The average molecular weight is 232 g/mol. The SMILES string of the molecule is CCc1ccc(N(C)CC2NCCC2C)cc1. The van der Waals surface area contributed by atoms with Crippen molar-refractivity contribution in [2.24, 2.45) is 5.92 Å². The molecule has 0 spiro atoms. The minimum atomic E-state index is 0.644. The van der Waals surface area contributed by atoms with Crippen LogP contribution in [-0.4, -0.2) is 26.2 Å². The molecular weight excluding hydrogens is 208 g/mol. The van der Waals surface area contributed by atoms with Gasteiger partial charge in [0.2, 0.25) is 0 Å². The van der Waals surface area contributed by atoms with Gasteiger partial charge in [-0.2, -0.15) is 0 Å². The second kappa shape index (κ2) is 5.54. The highest BCUT2D eigenvalue weighted by Crippen LogP contribution is 2.19. The number of nitrogens with one attached hydrogen (secondary N) is 1. The molecule has 0 amide bonds. The number of hydrogen-bond donors (Lipinski definition) is 1. The van der Waals surface area contributed by atoms with Crippen molar-refractivity contribution < 1.29 is 0 Å². The van der Waals surface area contributed by atoms with Gasteiger partial charge in [-0.25, -0.2) is 0 Å². The van der Waals surface area contributed by atoms with Crippen LogP contribution in [0.25, 0.3) is 0 Å². The minimum absolute atomic E-state index is 0.644. The summed E-state index contributed by atoms with van der Waals surface area (Å²) < 4.78 is 0. The van der Waals surface area contributed by atoms with Crippen LogP contribution in [0.1, 0.15) is 25.8 Å². The van der Waals surface area contributed by atoms with E-state index in [2.05, 4.69) is 55.4 Å². The Morgan fingerprint density at radius 3 is 2.53 bits per heavy atom. The lowest BCUT2D eigenvalue weighted by atomic mass is 10.0. The Morgan fingerprint density at radius 1 is 1.29 bits per heavy atom. The summed E-state index contributed by atoms with van der Waals surface area (Å²) in [4.78, 5) is 2.36. The number of benzene rings is 1. The van der Waals surface area contributed by atoms with E-state index in [0.29, 0.717) is 6.04 Å². The van der Waals surface area contributed by atoms with Crippen LogP contribution in [0.2, 0.25) is 0 Å². The molecule has 2 unspecified atom stereocenters. The van der Waals surface area contributed by atoms with E-state index in [1.165, 1.54) is 24.2 Å². The maximum atomic E-state index is 3.59. The van der Waals surface area contributed by atoms with Gasteiger partial charge in [-0.15, -0.1) is 0 Å². The van der Waals surface area contributed by atoms with Crippen LogP contribution >= 0.6 is 0 Å². The molecule has 1 N–H and O–H groups in total. The number of rotatable bonds is 4. The van der Waals surface area contributed by atoms with E-state index in [0.717, 1.165) is 18.9 Å². The first-order valence-electron chi connectivity index (χ1n) is 6.74. The highest BCUT2D eigenvalue weighted by atomic mass is 15.1. The number of anilines is 1. The first-order chi connectivity index (χ1) is 8.20. The van der Waals surface area contributed by atoms with Crippen molar-refractivity contribution >= 4 is 5.69 Å². The molecule has 1 aliphatic heterocycles. The average Bonchev–Trinajstić information content (AvgIpc) is 2.75. The first kappa shape index (κ1) is 12.4. The molecule has 1 aliphatic rings. The van der Waals surface area contributed by atoms with Gasteiger partial charge >= 0.3 is 0 Å². The second-order valence-electron chi connectivity index (χ2n) is 5.23. The van der Waals surface area contributed by atoms with Gasteiger partial charge < -0.3 is 10.2 Å². The largest absolute Gasteiger partial charge is 0.373 e. The van der Waals surface area contributed by atoms with Gasteiger partial charge in [0.1, 0.15) is 0 Å². The third kappa shape index (κ3) is 3.01. The summed E-state index contributed by atoms with van der Waals surface area (Å²) in [5.74, 6) is 0.798. The molecular formula is C15H24N2. The van der Waals surface area contributed by atoms with E-state index < -0.39 is 0 Å². The third-order valence-corrected chi connectivity index (χ3v) is 3.95. The molecule has 2 nitrogen and oxygen atoms in total. The van der Waals surface area contributed by atoms with Crippen molar-refractivity contribution in [1.29, 1.82) is 0 Å². The Morgan fingerprint density at radius 2 is 2.00 bits per heavy atom. The molecule has 2 heteroatoms. The summed E-state index contributed by atoms with van der Waals surface area (Å²) in [5, 5.41) is 3.59. The summed E-state index contributed by atoms with van der Waals surface area (Å²) >= 11 is 0. The standard InChI is InChI=1S/C15H24N2/c1-4-13-5-7-14(8-6-13)17(3)11-15-12(2)9-10-16-15/h5-8,12,15-16H,4,9-11H2,1-3H3. The van der Waals surface area contributed by atoms with E-state index in [1.807, 2.05) is 0 Å². The highest BCUT2D eigenvalue weighted by molar-refractivity contribution is 5.47. The summed E-state index contributed by atoms with van der Waals surface area (Å²) in [6.45, 7) is 6.82. The minimum Gasteiger partial charge on any atom is -0.373 e. The van der Waals surface area contributed by atoms with Crippen LogP contribution in [0, 0.1) is 5.92 Å². The topological polar surface area (TPSA) is 15.3 Å². The molecule has 0 radical (unpaired) electrons. The molecule has 0 aromatic heterocycles. The van der Waals surface area contributed by atoms with Crippen molar-refractivity contribution in [2.75, 3.05) is 25.0 Å². The molecule has 2 atom stereocenters. The maximum absolute atomic E-state index is 3.59. The molecule has 1 saturated heterocycles. The van der Waals surface area contributed by atoms with Crippen molar-refractivity contribution in [3.63, 3.8) is 0 Å². The van der Waals surface area contributed by atoms with Crippen LogP contribution in [0.4, 0.5) is 5.69 Å². The van der Waals surface area contributed by atoms with Crippen LogP contribution in [0.15, 0.2) is 24.3 Å². The zero-order valence-corrected chi connectivity index (χ0v) is 11.2. The predicted octanol–water partition coefficient (Wildman–Crippen LogP) is 2.68. The van der Waals surface area contributed by atoms with E-state index in [1.54, 1.807) is 0 Å². The summed E-state index contributed by atoms with van der Waals surface area (Å²) in [5.41, 5.74) is 2.73. The zero-order valence-electron chi connectivity index (χ0n) is 11.2. The molecule has 17 heavy (non-hydrogen) atoms. The van der Waals surface area contributed by atoms with Gasteiger partial charge in [-0.3, -0.25) is 0 Å². The number of nitrogens with zero attached hydrogens (tertiary/aromatic N) is 1. The van der Waals surface area contributed by atoms with E-state index in [4.69, 9.17) is 0 Å². The Kier molecular flexibility index (Phi) is 4.06. The molecule has 2 rings (SSSR count). The number of hydrogen-bond acceptors (Lipinski definition) is 2. The number of aryl methyl sites for hydroxylation is 1. The lowest BCUT2D eigenvalue weighted by Gasteiger charge is -2.25. The molecule has 0 aliphatic carbocycles. The Balaban J connectivity index is 1.96. The van der Waals surface area contributed by atoms with Crippen LogP contribution in [-0.2, 0) is 6.42 Å². The fourth-order valence-corrected chi connectivity index (χ4v) is 2.53. The summed E-state index contributed by atoms with van der Waals surface area (Å²) in [6.07, 6.45) is 2.43. The fraction of sp³-hybridized carbons (Fsp3) is 0.600. The van der Waals surface area contributed by atoms with Crippen LogP contribution in [0.3, 0.4) is 0 Å². The fourth-order valence-electron chi connectivity index (χ4n) is 2.53. The van der Waals surface area contributed by atoms with E-state index in [9.17, 15) is 0 Å². The molecule has 94 valence electrons. The molecule has 1 aromatic rings. The Hall–Kier alpha value is -1.02. The van der Waals surface area contributed by atoms with Crippen molar-refractivity contribution in [3.8, 4) is 0 Å². The van der Waals surface area contributed by atoms with Crippen LogP contribution in [0.5, 0.6) is 0 Å². The van der Waals surface area contributed by atoms with Crippen molar-refractivity contribution in [2.45, 2.75) is 32.7 Å². The van der Waals surface area contributed by atoms with Gasteiger partial charge in [-0.05, 0) is 43.0 Å². The quantitative estimate of drug-likeness (QED) is 0.858. The van der Waals surface area contributed by atoms with Gasteiger partial charge in [0.15, 0.2) is 0 Å². The van der Waals surface area contributed by atoms with E-state index >= 15 is 0 Å². The van der Waals surface area contributed by atoms with Gasteiger partial charge in [0, 0.05) is 25.3 Å². The van der Waals surface area contributed by atoms with Gasteiger partial charge in [-0.1, -0.05) is 26.0 Å². The lowest BCUT2D eigenvalue weighted by Crippen LogP contribution is -2.38. The van der Waals surface area contributed by atoms with Crippen molar-refractivity contribution in [1.82, 2.24) is 5.32 Å². The molecule has 1 fully saturated rings. The van der Waals surface area contributed by atoms with Gasteiger partial charge in [0.25, 0.3) is 0 Å². The van der Waals surface area contributed by atoms with E-state index in [-0.39, 0.29) is 0 Å². The monoisotopic (exact) mass is 232 g/mol. The second-order valence-corrected chi connectivity index (χ2v) is 5.23. The zero-order chi connectivity index (χ0) is 12.3. The smallest absolute Gasteiger partial charge is 0.0364 e. The predicted molar refractivity (Wildman–Crippen MR) is 74.7 cm³/mol. The third-order valence-electron chi connectivity index (χ3n) is 3.95. The number of likely N-dealkylation sites (N-methyl/N-ethyl adjacent to an activating group) is 1. The first-order valence-corrected chi connectivity index (χ1v) is 6.74.